The molecule has 0 saturated carbocycles. The Balaban J connectivity index is 1.61. The van der Waals surface area contributed by atoms with Gasteiger partial charge in [0.15, 0.2) is 0 Å². The highest BCUT2D eigenvalue weighted by Gasteiger charge is 2.19. The molecule has 0 unspecified atom stereocenters. The summed E-state index contributed by atoms with van der Waals surface area (Å²) in [5, 5.41) is 0. The Labute approximate surface area is 157 Å². The van der Waals surface area contributed by atoms with Crippen molar-refractivity contribution in [2.45, 2.75) is 33.2 Å². The van der Waals surface area contributed by atoms with Crippen molar-refractivity contribution in [1.82, 2.24) is 14.9 Å². The second-order valence-electron chi connectivity index (χ2n) is 7.19. The fraction of sp³-hybridized carbons (Fsp3) is 0.524. The highest BCUT2D eigenvalue weighted by molar-refractivity contribution is 5.46. The second kappa shape index (κ2) is 8.99. The van der Waals surface area contributed by atoms with E-state index in [1.807, 2.05) is 0 Å². The molecule has 140 valence electrons. The molecule has 0 radical (unpaired) electrons. The lowest BCUT2D eigenvalue weighted by molar-refractivity contribution is 0.249. The molecule has 0 atom stereocenters. The predicted octanol–water partition coefficient (Wildman–Crippen LogP) is 3.34. The molecule has 5 heteroatoms. The Morgan fingerprint density at radius 2 is 1.77 bits per heavy atom. The third-order valence-corrected chi connectivity index (χ3v) is 4.96. The number of aryl methyl sites for hydroxylation is 1. The van der Waals surface area contributed by atoms with Crippen LogP contribution in [0.3, 0.4) is 0 Å². The van der Waals surface area contributed by atoms with Crippen molar-refractivity contribution in [3.8, 4) is 0 Å². The average molecular weight is 354 g/mol. The van der Waals surface area contributed by atoms with E-state index in [9.17, 15) is 0 Å². The zero-order valence-corrected chi connectivity index (χ0v) is 16.4. The third kappa shape index (κ3) is 4.94. The van der Waals surface area contributed by atoms with Crippen molar-refractivity contribution in [1.29, 1.82) is 0 Å². The Bertz CT molecular complexity index is 680. The smallest absolute Gasteiger partial charge is 0.227 e. The monoisotopic (exact) mass is 353 g/mol. The summed E-state index contributed by atoms with van der Waals surface area (Å²) in [6.45, 7) is 10.5. The number of aromatic nitrogens is 2. The van der Waals surface area contributed by atoms with E-state index in [4.69, 9.17) is 4.98 Å². The Kier molecular flexibility index (Phi) is 6.45. The number of rotatable bonds is 7. The molecule has 3 rings (SSSR count). The fourth-order valence-electron chi connectivity index (χ4n) is 3.34. The van der Waals surface area contributed by atoms with Gasteiger partial charge in [0, 0.05) is 58.1 Å². The molecule has 0 bridgehead atoms. The van der Waals surface area contributed by atoms with Crippen LogP contribution >= 0.6 is 0 Å². The molecular weight excluding hydrogens is 322 g/mol. The number of unbranched alkanes of at least 4 members (excludes halogenated alkanes) is 1. The summed E-state index contributed by atoms with van der Waals surface area (Å²) in [5.74, 6) is 1.91. The van der Waals surface area contributed by atoms with E-state index in [-0.39, 0.29) is 0 Å². The van der Waals surface area contributed by atoms with Gasteiger partial charge in [0.25, 0.3) is 0 Å². The molecule has 2 heterocycles. The van der Waals surface area contributed by atoms with Gasteiger partial charge < -0.3 is 9.80 Å². The minimum atomic E-state index is 0.847. The molecule has 1 fully saturated rings. The van der Waals surface area contributed by atoms with Gasteiger partial charge in [0.2, 0.25) is 5.95 Å². The standard InChI is InChI=1S/C21H31N5/c1-4-5-11-24(3)21-22-18(2)16-20(23-21)26-14-12-25(13-15-26)17-19-9-7-6-8-10-19/h6-10,16H,4-5,11-15,17H2,1-3H3. The Hall–Kier alpha value is -2.14. The second-order valence-corrected chi connectivity index (χ2v) is 7.19. The normalized spacial score (nSPS) is 15.3. The molecule has 0 N–H and O–H groups in total. The van der Waals surface area contributed by atoms with E-state index >= 15 is 0 Å². The fourth-order valence-corrected chi connectivity index (χ4v) is 3.34. The summed E-state index contributed by atoms with van der Waals surface area (Å²) < 4.78 is 0. The highest BCUT2D eigenvalue weighted by atomic mass is 15.3. The zero-order valence-electron chi connectivity index (χ0n) is 16.4. The summed E-state index contributed by atoms with van der Waals surface area (Å²) in [4.78, 5) is 16.6. The Morgan fingerprint density at radius 1 is 1.04 bits per heavy atom. The van der Waals surface area contributed by atoms with Crippen LogP contribution in [0.5, 0.6) is 0 Å². The maximum Gasteiger partial charge on any atom is 0.227 e. The molecule has 0 amide bonds. The molecule has 2 aromatic rings. The van der Waals surface area contributed by atoms with Crippen LogP contribution in [0.25, 0.3) is 0 Å². The van der Waals surface area contributed by atoms with E-state index in [0.29, 0.717) is 0 Å². The minimum absolute atomic E-state index is 0.847. The first kappa shape index (κ1) is 18.6. The zero-order chi connectivity index (χ0) is 18.4. The molecule has 1 aromatic carbocycles. The SMILES string of the molecule is CCCCN(C)c1nc(C)cc(N2CCN(Cc3ccccc3)CC2)n1. The highest BCUT2D eigenvalue weighted by Crippen LogP contribution is 2.19. The number of hydrogen-bond donors (Lipinski definition) is 0. The van der Waals surface area contributed by atoms with Gasteiger partial charge in [-0.05, 0) is 18.9 Å². The number of anilines is 2. The topological polar surface area (TPSA) is 35.5 Å². The van der Waals surface area contributed by atoms with Crippen LogP contribution in [-0.2, 0) is 6.54 Å². The summed E-state index contributed by atoms with van der Waals surface area (Å²) in [6, 6.07) is 12.8. The summed E-state index contributed by atoms with van der Waals surface area (Å²) in [7, 11) is 2.09. The number of nitrogens with zero attached hydrogens (tertiary/aromatic N) is 5. The van der Waals surface area contributed by atoms with E-state index in [0.717, 1.165) is 56.7 Å². The van der Waals surface area contributed by atoms with Gasteiger partial charge >= 0.3 is 0 Å². The van der Waals surface area contributed by atoms with Crippen molar-refractivity contribution in [3.05, 3.63) is 47.7 Å². The van der Waals surface area contributed by atoms with E-state index in [1.165, 1.54) is 18.4 Å². The van der Waals surface area contributed by atoms with Gasteiger partial charge in [-0.15, -0.1) is 0 Å². The van der Waals surface area contributed by atoms with Crippen LogP contribution in [0.4, 0.5) is 11.8 Å². The van der Waals surface area contributed by atoms with Crippen molar-refractivity contribution in [3.63, 3.8) is 0 Å². The number of benzene rings is 1. The lowest BCUT2D eigenvalue weighted by atomic mass is 10.2. The Morgan fingerprint density at radius 3 is 2.46 bits per heavy atom. The first-order chi connectivity index (χ1) is 12.7. The summed E-state index contributed by atoms with van der Waals surface area (Å²) in [6.07, 6.45) is 2.35. The van der Waals surface area contributed by atoms with Gasteiger partial charge in [0.1, 0.15) is 5.82 Å². The molecule has 1 aliphatic heterocycles. The summed E-state index contributed by atoms with van der Waals surface area (Å²) in [5.41, 5.74) is 2.43. The summed E-state index contributed by atoms with van der Waals surface area (Å²) >= 11 is 0. The molecule has 26 heavy (non-hydrogen) atoms. The van der Waals surface area contributed by atoms with Crippen LogP contribution in [0.2, 0.25) is 0 Å². The average Bonchev–Trinajstić information content (AvgIpc) is 2.67. The lowest BCUT2D eigenvalue weighted by Crippen LogP contribution is -2.46. The maximum atomic E-state index is 4.84. The molecule has 1 aliphatic rings. The van der Waals surface area contributed by atoms with Crippen molar-refractivity contribution >= 4 is 11.8 Å². The minimum Gasteiger partial charge on any atom is -0.354 e. The van der Waals surface area contributed by atoms with E-state index < -0.39 is 0 Å². The van der Waals surface area contributed by atoms with Gasteiger partial charge in [-0.25, -0.2) is 4.98 Å². The lowest BCUT2D eigenvalue weighted by Gasteiger charge is -2.35. The number of hydrogen-bond acceptors (Lipinski definition) is 5. The molecule has 5 nitrogen and oxygen atoms in total. The van der Waals surface area contributed by atoms with Crippen LogP contribution in [0.15, 0.2) is 36.4 Å². The molecular formula is C21H31N5. The third-order valence-electron chi connectivity index (χ3n) is 4.96. The molecule has 0 aliphatic carbocycles. The first-order valence-corrected chi connectivity index (χ1v) is 9.73. The van der Waals surface area contributed by atoms with Crippen LogP contribution in [0.1, 0.15) is 31.0 Å². The van der Waals surface area contributed by atoms with Crippen LogP contribution < -0.4 is 9.80 Å². The van der Waals surface area contributed by atoms with Gasteiger partial charge in [-0.1, -0.05) is 43.7 Å². The largest absolute Gasteiger partial charge is 0.354 e. The number of piperazine rings is 1. The van der Waals surface area contributed by atoms with Crippen LogP contribution in [0, 0.1) is 6.92 Å². The van der Waals surface area contributed by atoms with Gasteiger partial charge in [-0.3, -0.25) is 4.90 Å². The molecule has 1 saturated heterocycles. The van der Waals surface area contributed by atoms with E-state index in [2.05, 4.69) is 77.0 Å². The first-order valence-electron chi connectivity index (χ1n) is 9.73. The van der Waals surface area contributed by atoms with Crippen LogP contribution in [-0.4, -0.2) is 54.6 Å². The van der Waals surface area contributed by atoms with E-state index in [1.54, 1.807) is 0 Å². The quantitative estimate of drug-likeness (QED) is 0.763. The predicted molar refractivity (Wildman–Crippen MR) is 109 cm³/mol. The molecule has 1 aromatic heterocycles. The van der Waals surface area contributed by atoms with Crippen molar-refractivity contribution < 1.29 is 0 Å². The molecule has 0 spiro atoms. The maximum absolute atomic E-state index is 4.84. The van der Waals surface area contributed by atoms with Gasteiger partial charge in [0.05, 0.1) is 0 Å². The van der Waals surface area contributed by atoms with Gasteiger partial charge in [-0.2, -0.15) is 4.98 Å². The van der Waals surface area contributed by atoms with Crippen molar-refractivity contribution in [2.24, 2.45) is 0 Å². The van der Waals surface area contributed by atoms with Crippen molar-refractivity contribution in [2.75, 3.05) is 49.6 Å².